The lowest BCUT2D eigenvalue weighted by molar-refractivity contribution is -0.118. The molecule has 1 rings (SSSR count). The summed E-state index contributed by atoms with van der Waals surface area (Å²) in [6.45, 7) is 0.619. The van der Waals surface area contributed by atoms with Crippen LogP contribution in [0.1, 0.15) is 31.7 Å². The zero-order valence-electron chi connectivity index (χ0n) is 9.24. The largest absolute Gasteiger partial charge is 0.435 e. The minimum atomic E-state index is -2.82. The Morgan fingerprint density at radius 2 is 1.88 bits per heavy atom. The van der Waals surface area contributed by atoms with E-state index in [0.717, 1.165) is 5.56 Å². The molecule has 0 aliphatic carbocycles. The Balaban J connectivity index is 2.81. The predicted molar refractivity (Wildman–Crippen MR) is 56.8 cm³/mol. The molecule has 0 N–H and O–H groups in total. The number of hydrogen-bond acceptors (Lipinski definition) is 2. The van der Waals surface area contributed by atoms with Crippen LogP contribution >= 0.6 is 0 Å². The summed E-state index contributed by atoms with van der Waals surface area (Å²) < 4.78 is 28.0. The Labute approximate surface area is 93.2 Å². The molecule has 0 aliphatic rings. The SMILES string of the molecule is CCC(C(C)=O)c1ccc(OC(F)F)cc1. The molecule has 88 valence electrons. The maximum absolute atomic E-state index is 11.9. The van der Waals surface area contributed by atoms with Gasteiger partial charge in [-0.3, -0.25) is 4.79 Å². The fraction of sp³-hybridized carbons (Fsp3) is 0.417. The van der Waals surface area contributed by atoms with Gasteiger partial charge in [0.15, 0.2) is 0 Å². The molecule has 2 nitrogen and oxygen atoms in total. The van der Waals surface area contributed by atoms with Gasteiger partial charge in [0.2, 0.25) is 0 Å². The van der Waals surface area contributed by atoms with Crippen molar-refractivity contribution in [2.45, 2.75) is 32.8 Å². The monoisotopic (exact) mass is 228 g/mol. The fourth-order valence-corrected chi connectivity index (χ4v) is 1.64. The first kappa shape index (κ1) is 12.6. The second kappa shape index (κ2) is 5.58. The fourth-order valence-electron chi connectivity index (χ4n) is 1.64. The van der Waals surface area contributed by atoms with E-state index in [0.29, 0.717) is 6.42 Å². The molecule has 1 unspecified atom stereocenters. The molecular formula is C12H14F2O2. The summed E-state index contributed by atoms with van der Waals surface area (Å²) in [5.74, 6) is 0.0165. The van der Waals surface area contributed by atoms with Crippen molar-refractivity contribution in [1.29, 1.82) is 0 Å². The second-order valence-electron chi connectivity index (χ2n) is 3.52. The van der Waals surface area contributed by atoms with Crippen LogP contribution in [0, 0.1) is 0 Å². The first-order chi connectivity index (χ1) is 7.54. The maximum atomic E-state index is 11.9. The highest BCUT2D eigenvalue weighted by Gasteiger charge is 2.14. The van der Waals surface area contributed by atoms with Gasteiger partial charge in [-0.25, -0.2) is 0 Å². The van der Waals surface area contributed by atoms with Crippen molar-refractivity contribution >= 4 is 5.78 Å². The third kappa shape index (κ3) is 3.29. The summed E-state index contributed by atoms with van der Waals surface area (Å²) >= 11 is 0. The number of hydrogen-bond donors (Lipinski definition) is 0. The van der Waals surface area contributed by atoms with Gasteiger partial charge in [-0.05, 0) is 31.0 Å². The van der Waals surface area contributed by atoms with Crippen LogP contribution in [0.5, 0.6) is 5.75 Å². The molecule has 0 aromatic heterocycles. The van der Waals surface area contributed by atoms with E-state index in [1.54, 1.807) is 12.1 Å². The number of halogens is 2. The van der Waals surface area contributed by atoms with Gasteiger partial charge in [0, 0.05) is 5.92 Å². The lowest BCUT2D eigenvalue weighted by Gasteiger charge is -2.12. The molecule has 0 aliphatic heterocycles. The molecule has 1 atom stereocenters. The van der Waals surface area contributed by atoms with Gasteiger partial charge in [0.25, 0.3) is 0 Å². The highest BCUT2D eigenvalue weighted by atomic mass is 19.3. The van der Waals surface area contributed by atoms with Crippen LogP contribution in [0.25, 0.3) is 0 Å². The number of benzene rings is 1. The van der Waals surface area contributed by atoms with Crippen molar-refractivity contribution in [3.05, 3.63) is 29.8 Å². The van der Waals surface area contributed by atoms with E-state index in [2.05, 4.69) is 4.74 Å². The molecule has 0 saturated heterocycles. The lowest BCUT2D eigenvalue weighted by atomic mass is 9.93. The number of carbonyl (C=O) groups is 1. The first-order valence-corrected chi connectivity index (χ1v) is 5.09. The summed E-state index contributed by atoms with van der Waals surface area (Å²) in [6, 6.07) is 6.20. The molecule has 16 heavy (non-hydrogen) atoms. The molecular weight excluding hydrogens is 214 g/mol. The van der Waals surface area contributed by atoms with Gasteiger partial charge in [-0.1, -0.05) is 19.1 Å². The summed E-state index contributed by atoms with van der Waals surface area (Å²) in [6.07, 6.45) is 0.699. The molecule has 0 fully saturated rings. The topological polar surface area (TPSA) is 26.3 Å². The first-order valence-electron chi connectivity index (χ1n) is 5.09. The molecule has 0 bridgehead atoms. The van der Waals surface area contributed by atoms with Crippen LogP contribution < -0.4 is 4.74 Å². The number of ether oxygens (including phenoxy) is 1. The average Bonchev–Trinajstić information content (AvgIpc) is 2.20. The van der Waals surface area contributed by atoms with Crippen LogP contribution in [-0.4, -0.2) is 12.4 Å². The summed E-state index contributed by atoms with van der Waals surface area (Å²) in [4.78, 5) is 11.3. The van der Waals surface area contributed by atoms with Crippen molar-refractivity contribution in [3.8, 4) is 5.75 Å². The number of alkyl halides is 2. The van der Waals surface area contributed by atoms with E-state index < -0.39 is 6.61 Å². The molecule has 0 radical (unpaired) electrons. The third-order valence-corrected chi connectivity index (χ3v) is 2.41. The maximum Gasteiger partial charge on any atom is 0.387 e. The quantitative estimate of drug-likeness (QED) is 0.772. The lowest BCUT2D eigenvalue weighted by Crippen LogP contribution is -2.07. The Hall–Kier alpha value is -1.45. The standard InChI is InChI=1S/C12H14F2O2/c1-3-11(8(2)15)9-4-6-10(7-5-9)16-12(13)14/h4-7,11-12H,3H2,1-2H3. The van der Waals surface area contributed by atoms with Crippen LogP contribution in [0.15, 0.2) is 24.3 Å². The molecule has 0 amide bonds. The van der Waals surface area contributed by atoms with E-state index in [1.807, 2.05) is 6.92 Å². The van der Waals surface area contributed by atoms with Crippen LogP contribution in [0.2, 0.25) is 0 Å². The predicted octanol–water partition coefficient (Wildman–Crippen LogP) is 3.37. The number of ketones is 1. The number of Topliss-reactive ketones (excluding diaryl/α,β-unsaturated/α-hetero) is 1. The summed E-state index contributed by atoms with van der Waals surface area (Å²) in [5.41, 5.74) is 0.830. The Morgan fingerprint density at radius 3 is 2.25 bits per heavy atom. The zero-order valence-corrected chi connectivity index (χ0v) is 9.24. The molecule has 1 aromatic carbocycles. The van der Waals surface area contributed by atoms with E-state index in [4.69, 9.17) is 0 Å². The number of carbonyl (C=O) groups excluding carboxylic acids is 1. The Kier molecular flexibility index (Phi) is 4.40. The number of rotatable bonds is 5. The Bertz CT molecular complexity index is 347. The van der Waals surface area contributed by atoms with E-state index in [-0.39, 0.29) is 17.5 Å². The average molecular weight is 228 g/mol. The highest BCUT2D eigenvalue weighted by molar-refractivity contribution is 5.83. The minimum Gasteiger partial charge on any atom is -0.435 e. The van der Waals surface area contributed by atoms with E-state index in [9.17, 15) is 13.6 Å². The highest BCUT2D eigenvalue weighted by Crippen LogP contribution is 2.23. The van der Waals surface area contributed by atoms with Gasteiger partial charge in [0.05, 0.1) is 0 Å². The molecule has 0 saturated carbocycles. The van der Waals surface area contributed by atoms with E-state index >= 15 is 0 Å². The van der Waals surface area contributed by atoms with Gasteiger partial charge in [-0.2, -0.15) is 8.78 Å². The third-order valence-electron chi connectivity index (χ3n) is 2.41. The van der Waals surface area contributed by atoms with Crippen molar-refractivity contribution in [1.82, 2.24) is 0 Å². The summed E-state index contributed by atoms with van der Waals surface area (Å²) in [7, 11) is 0. The molecule has 0 heterocycles. The van der Waals surface area contributed by atoms with Gasteiger partial charge >= 0.3 is 6.61 Å². The zero-order chi connectivity index (χ0) is 12.1. The van der Waals surface area contributed by atoms with Gasteiger partial charge in [-0.15, -0.1) is 0 Å². The molecule has 0 spiro atoms. The van der Waals surface area contributed by atoms with E-state index in [1.165, 1.54) is 19.1 Å². The smallest absolute Gasteiger partial charge is 0.387 e. The second-order valence-corrected chi connectivity index (χ2v) is 3.52. The van der Waals surface area contributed by atoms with Crippen molar-refractivity contribution in [2.75, 3.05) is 0 Å². The van der Waals surface area contributed by atoms with Gasteiger partial charge in [0.1, 0.15) is 11.5 Å². The van der Waals surface area contributed by atoms with Crippen molar-refractivity contribution < 1.29 is 18.3 Å². The normalized spacial score (nSPS) is 12.6. The van der Waals surface area contributed by atoms with Crippen LogP contribution in [-0.2, 0) is 4.79 Å². The van der Waals surface area contributed by atoms with Crippen molar-refractivity contribution in [3.63, 3.8) is 0 Å². The minimum absolute atomic E-state index is 0.0741. The van der Waals surface area contributed by atoms with Crippen molar-refractivity contribution in [2.24, 2.45) is 0 Å². The van der Waals surface area contributed by atoms with Crippen LogP contribution in [0.4, 0.5) is 8.78 Å². The Morgan fingerprint density at radius 1 is 1.31 bits per heavy atom. The molecule has 4 heteroatoms. The summed E-state index contributed by atoms with van der Waals surface area (Å²) in [5, 5.41) is 0. The molecule has 1 aromatic rings. The van der Waals surface area contributed by atoms with Crippen LogP contribution in [0.3, 0.4) is 0 Å². The van der Waals surface area contributed by atoms with Gasteiger partial charge < -0.3 is 4.74 Å².